The van der Waals surface area contributed by atoms with Gasteiger partial charge in [0.05, 0.1) is 25.9 Å². The third-order valence-corrected chi connectivity index (χ3v) is 3.03. The van der Waals surface area contributed by atoms with Crippen molar-refractivity contribution in [1.29, 1.82) is 5.26 Å². The molecule has 88 valence electrons. The summed E-state index contributed by atoms with van der Waals surface area (Å²) in [4.78, 5) is 13.7. The number of rotatable bonds is 1. The number of carbonyl (C=O) groups excluding carboxylic acids is 1. The van der Waals surface area contributed by atoms with Crippen LogP contribution in [0.5, 0.6) is 0 Å². The van der Waals surface area contributed by atoms with Gasteiger partial charge in [0.15, 0.2) is 6.10 Å². The summed E-state index contributed by atoms with van der Waals surface area (Å²) >= 11 is 0. The van der Waals surface area contributed by atoms with Gasteiger partial charge in [-0.1, -0.05) is 0 Å². The summed E-state index contributed by atoms with van der Waals surface area (Å²) in [5.74, 6) is -0.0917. The molecule has 0 saturated carbocycles. The Bertz CT molecular complexity index is 294. The number of likely N-dealkylation sites (tertiary alicyclic amines) is 1. The van der Waals surface area contributed by atoms with E-state index < -0.39 is 6.10 Å². The van der Waals surface area contributed by atoms with Crippen LogP contribution in [-0.4, -0.2) is 49.3 Å². The van der Waals surface area contributed by atoms with Gasteiger partial charge < -0.3 is 14.4 Å². The van der Waals surface area contributed by atoms with Gasteiger partial charge in [0.2, 0.25) is 0 Å². The van der Waals surface area contributed by atoms with E-state index in [-0.39, 0.29) is 11.9 Å². The van der Waals surface area contributed by atoms with Crippen molar-refractivity contribution in [2.45, 2.75) is 31.4 Å². The lowest BCUT2D eigenvalue weighted by atomic mass is 10.0. The van der Waals surface area contributed by atoms with E-state index in [0.717, 1.165) is 19.3 Å². The molecule has 0 aromatic rings. The number of carbonyl (C=O) groups is 1. The molecule has 0 spiro atoms. The van der Waals surface area contributed by atoms with E-state index >= 15 is 0 Å². The fourth-order valence-corrected chi connectivity index (χ4v) is 2.14. The van der Waals surface area contributed by atoms with E-state index in [4.69, 9.17) is 14.7 Å². The summed E-state index contributed by atoms with van der Waals surface area (Å²) in [6.07, 6.45) is 2.25. The Morgan fingerprint density at radius 3 is 2.94 bits per heavy atom. The topological polar surface area (TPSA) is 62.6 Å². The monoisotopic (exact) mass is 224 g/mol. The molecule has 0 aliphatic carbocycles. The summed E-state index contributed by atoms with van der Waals surface area (Å²) in [5.41, 5.74) is 0. The molecular formula is C11H16N2O3. The van der Waals surface area contributed by atoms with Gasteiger partial charge in [0, 0.05) is 6.54 Å². The minimum Gasteiger partial charge on any atom is -0.376 e. The standard InChI is InChI=1S/C11H16N2O3/c12-7-9-3-1-2-4-13(9)11(14)10-8-15-5-6-16-10/h9-10H,1-6,8H2. The van der Waals surface area contributed by atoms with Crippen molar-refractivity contribution in [2.24, 2.45) is 0 Å². The predicted octanol–water partition coefficient (Wildman–Crippen LogP) is 0.306. The van der Waals surface area contributed by atoms with E-state index in [0.29, 0.717) is 26.4 Å². The molecule has 2 saturated heterocycles. The number of nitriles is 1. The van der Waals surface area contributed by atoms with Crippen LogP contribution in [0.2, 0.25) is 0 Å². The smallest absolute Gasteiger partial charge is 0.255 e. The zero-order chi connectivity index (χ0) is 11.4. The number of hydrogen-bond acceptors (Lipinski definition) is 4. The Labute approximate surface area is 94.9 Å². The van der Waals surface area contributed by atoms with Crippen LogP contribution in [0, 0.1) is 11.3 Å². The van der Waals surface area contributed by atoms with Crippen LogP contribution in [0.25, 0.3) is 0 Å². The molecule has 2 rings (SSSR count). The maximum Gasteiger partial charge on any atom is 0.255 e. The minimum absolute atomic E-state index is 0.0917. The highest BCUT2D eigenvalue weighted by Crippen LogP contribution is 2.18. The van der Waals surface area contributed by atoms with Gasteiger partial charge in [-0.2, -0.15) is 5.26 Å². The first-order chi connectivity index (χ1) is 7.83. The molecule has 5 heteroatoms. The third kappa shape index (κ3) is 2.34. The molecule has 2 fully saturated rings. The quantitative estimate of drug-likeness (QED) is 0.643. The number of piperidine rings is 1. The molecule has 0 aromatic heterocycles. The van der Waals surface area contributed by atoms with Gasteiger partial charge in [-0.15, -0.1) is 0 Å². The lowest BCUT2D eigenvalue weighted by Gasteiger charge is -2.34. The summed E-state index contributed by atoms with van der Waals surface area (Å²) in [5, 5.41) is 8.99. The molecule has 2 aliphatic rings. The average Bonchev–Trinajstić information content (AvgIpc) is 2.39. The molecule has 0 N–H and O–H groups in total. The highest BCUT2D eigenvalue weighted by molar-refractivity contribution is 5.82. The Morgan fingerprint density at radius 2 is 2.25 bits per heavy atom. The Hall–Kier alpha value is -1.12. The molecular weight excluding hydrogens is 208 g/mol. The minimum atomic E-state index is -0.511. The van der Waals surface area contributed by atoms with E-state index in [2.05, 4.69) is 6.07 Å². The molecule has 0 bridgehead atoms. The summed E-state index contributed by atoms with van der Waals surface area (Å²) in [6, 6.07) is 1.90. The molecule has 2 heterocycles. The lowest BCUT2D eigenvalue weighted by molar-refractivity contribution is -0.160. The van der Waals surface area contributed by atoms with Crippen LogP contribution in [0.3, 0.4) is 0 Å². The van der Waals surface area contributed by atoms with Gasteiger partial charge in [0.25, 0.3) is 5.91 Å². The summed E-state index contributed by atoms with van der Waals surface area (Å²) in [7, 11) is 0. The molecule has 2 aliphatic heterocycles. The second-order valence-corrected chi connectivity index (χ2v) is 4.11. The maximum atomic E-state index is 12.1. The SMILES string of the molecule is N#CC1CCCCN1C(=O)C1COCCO1. The van der Waals surface area contributed by atoms with E-state index in [9.17, 15) is 4.79 Å². The van der Waals surface area contributed by atoms with Gasteiger partial charge in [-0.05, 0) is 19.3 Å². The fourth-order valence-electron chi connectivity index (χ4n) is 2.14. The van der Waals surface area contributed by atoms with Crippen LogP contribution in [0.4, 0.5) is 0 Å². The average molecular weight is 224 g/mol. The van der Waals surface area contributed by atoms with E-state index in [1.165, 1.54) is 0 Å². The van der Waals surface area contributed by atoms with Gasteiger partial charge >= 0.3 is 0 Å². The van der Waals surface area contributed by atoms with Crippen molar-refractivity contribution >= 4 is 5.91 Å². The third-order valence-electron chi connectivity index (χ3n) is 3.03. The maximum absolute atomic E-state index is 12.1. The zero-order valence-electron chi connectivity index (χ0n) is 9.22. The first-order valence-electron chi connectivity index (χ1n) is 5.72. The second-order valence-electron chi connectivity index (χ2n) is 4.11. The van der Waals surface area contributed by atoms with Crippen LogP contribution in [-0.2, 0) is 14.3 Å². The van der Waals surface area contributed by atoms with Crippen LogP contribution in [0.15, 0.2) is 0 Å². The largest absolute Gasteiger partial charge is 0.376 e. The molecule has 16 heavy (non-hydrogen) atoms. The molecule has 2 unspecified atom stereocenters. The first kappa shape index (κ1) is 11.4. The second kappa shape index (κ2) is 5.28. The van der Waals surface area contributed by atoms with E-state index in [1.807, 2.05) is 0 Å². The van der Waals surface area contributed by atoms with Gasteiger partial charge in [-0.3, -0.25) is 4.79 Å². The molecule has 1 amide bonds. The van der Waals surface area contributed by atoms with E-state index in [1.54, 1.807) is 4.90 Å². The Kier molecular flexibility index (Phi) is 3.75. The highest BCUT2D eigenvalue weighted by atomic mass is 16.6. The normalized spacial score (nSPS) is 30.8. The van der Waals surface area contributed by atoms with Crippen molar-refractivity contribution < 1.29 is 14.3 Å². The summed E-state index contributed by atoms with van der Waals surface area (Å²) < 4.78 is 10.6. The lowest BCUT2D eigenvalue weighted by Crippen LogP contribution is -2.50. The first-order valence-corrected chi connectivity index (χ1v) is 5.72. The van der Waals surface area contributed by atoms with Gasteiger partial charge in [-0.25, -0.2) is 0 Å². The zero-order valence-corrected chi connectivity index (χ0v) is 9.22. The molecule has 5 nitrogen and oxygen atoms in total. The Balaban J connectivity index is 1.98. The molecule has 0 radical (unpaired) electrons. The molecule has 0 aromatic carbocycles. The van der Waals surface area contributed by atoms with Crippen LogP contribution >= 0.6 is 0 Å². The van der Waals surface area contributed by atoms with Gasteiger partial charge in [0.1, 0.15) is 6.04 Å². The number of amides is 1. The van der Waals surface area contributed by atoms with Crippen molar-refractivity contribution in [3.8, 4) is 6.07 Å². The van der Waals surface area contributed by atoms with Crippen molar-refractivity contribution in [1.82, 2.24) is 4.90 Å². The van der Waals surface area contributed by atoms with Crippen LogP contribution < -0.4 is 0 Å². The number of hydrogen-bond donors (Lipinski definition) is 0. The highest BCUT2D eigenvalue weighted by Gasteiger charge is 2.33. The predicted molar refractivity (Wildman–Crippen MR) is 55.5 cm³/mol. The Morgan fingerprint density at radius 1 is 1.38 bits per heavy atom. The summed E-state index contributed by atoms with van der Waals surface area (Å²) in [6.45, 7) is 1.98. The van der Waals surface area contributed by atoms with Crippen molar-refractivity contribution in [3.63, 3.8) is 0 Å². The van der Waals surface area contributed by atoms with Crippen molar-refractivity contribution in [2.75, 3.05) is 26.4 Å². The fraction of sp³-hybridized carbons (Fsp3) is 0.818. The molecule has 2 atom stereocenters. The van der Waals surface area contributed by atoms with Crippen LogP contribution in [0.1, 0.15) is 19.3 Å². The number of nitrogens with zero attached hydrogens (tertiary/aromatic N) is 2. The van der Waals surface area contributed by atoms with Crippen molar-refractivity contribution in [3.05, 3.63) is 0 Å². The number of ether oxygens (including phenoxy) is 2.